The first-order valence-electron chi connectivity index (χ1n) is 6.36. The number of hydrogen-bond acceptors (Lipinski definition) is 5. The quantitative estimate of drug-likeness (QED) is 0.441. The molecule has 2 N–H and O–H groups in total. The van der Waals surface area contributed by atoms with Crippen LogP contribution in [0.4, 0.5) is 0 Å². The molecule has 5 heteroatoms. The Morgan fingerprint density at radius 3 is 1.06 bits per heavy atom. The van der Waals surface area contributed by atoms with E-state index in [4.69, 9.17) is 24.4 Å². The van der Waals surface area contributed by atoms with E-state index in [1.54, 1.807) is 0 Å². The summed E-state index contributed by atoms with van der Waals surface area (Å²) in [4.78, 5) is 0. The number of hydrogen-bond donors (Lipinski definition) is 2. The van der Waals surface area contributed by atoms with Crippen LogP contribution in [0.1, 0.15) is 25.7 Å². The molecular weight excluding hydrogens is 224 g/mol. The molecule has 0 aliphatic rings. The molecule has 0 heterocycles. The number of aliphatic hydroxyl groups is 2. The SMILES string of the molecule is OCCOCCCCOCCCCOCCO. The predicted molar refractivity (Wildman–Crippen MR) is 65.1 cm³/mol. The predicted octanol–water partition coefficient (Wildman–Crippen LogP) is 0.581. The van der Waals surface area contributed by atoms with Crippen LogP contribution in [0.2, 0.25) is 0 Å². The summed E-state index contributed by atoms with van der Waals surface area (Å²) in [6, 6.07) is 0. The largest absolute Gasteiger partial charge is 0.394 e. The summed E-state index contributed by atoms with van der Waals surface area (Å²) in [7, 11) is 0. The Hall–Kier alpha value is -0.200. The van der Waals surface area contributed by atoms with Crippen molar-refractivity contribution in [2.24, 2.45) is 0 Å². The molecule has 0 atom stereocenters. The molecule has 0 radical (unpaired) electrons. The average molecular weight is 250 g/mol. The second-order valence-corrected chi connectivity index (χ2v) is 3.70. The van der Waals surface area contributed by atoms with Crippen LogP contribution in [0.25, 0.3) is 0 Å². The van der Waals surface area contributed by atoms with E-state index in [9.17, 15) is 0 Å². The Morgan fingerprint density at radius 1 is 0.471 bits per heavy atom. The van der Waals surface area contributed by atoms with Gasteiger partial charge in [-0.05, 0) is 25.7 Å². The number of unbranched alkanes of at least 4 members (excludes halogenated alkanes) is 2. The second-order valence-electron chi connectivity index (χ2n) is 3.70. The molecule has 17 heavy (non-hydrogen) atoms. The Bertz CT molecular complexity index is 118. The number of ether oxygens (including phenoxy) is 3. The van der Waals surface area contributed by atoms with Crippen LogP contribution in [-0.4, -0.2) is 63.1 Å². The van der Waals surface area contributed by atoms with Gasteiger partial charge in [-0.15, -0.1) is 0 Å². The van der Waals surface area contributed by atoms with Crippen molar-refractivity contribution in [3.8, 4) is 0 Å². The minimum absolute atomic E-state index is 0.0921. The second kappa shape index (κ2) is 15.8. The molecule has 0 rings (SSSR count). The third-order valence-corrected chi connectivity index (χ3v) is 2.13. The van der Waals surface area contributed by atoms with Crippen molar-refractivity contribution in [1.29, 1.82) is 0 Å². The Labute approximate surface area is 104 Å². The van der Waals surface area contributed by atoms with E-state index < -0.39 is 0 Å². The monoisotopic (exact) mass is 250 g/mol. The van der Waals surface area contributed by atoms with Gasteiger partial charge in [0.15, 0.2) is 0 Å². The van der Waals surface area contributed by atoms with Crippen LogP contribution >= 0.6 is 0 Å². The fraction of sp³-hybridized carbons (Fsp3) is 1.00. The number of rotatable bonds is 14. The third-order valence-electron chi connectivity index (χ3n) is 2.13. The fourth-order valence-corrected chi connectivity index (χ4v) is 1.25. The van der Waals surface area contributed by atoms with Crippen LogP contribution in [0, 0.1) is 0 Å². The molecule has 0 unspecified atom stereocenters. The highest BCUT2D eigenvalue weighted by atomic mass is 16.5. The first-order chi connectivity index (χ1) is 8.41. The van der Waals surface area contributed by atoms with Crippen LogP contribution < -0.4 is 0 Å². The van der Waals surface area contributed by atoms with Crippen molar-refractivity contribution >= 4 is 0 Å². The minimum Gasteiger partial charge on any atom is -0.394 e. The minimum atomic E-state index is 0.0921. The average Bonchev–Trinajstić information content (AvgIpc) is 2.35. The van der Waals surface area contributed by atoms with Gasteiger partial charge in [-0.2, -0.15) is 0 Å². The van der Waals surface area contributed by atoms with Crippen molar-refractivity contribution in [1.82, 2.24) is 0 Å². The smallest absolute Gasteiger partial charge is 0.0697 e. The highest BCUT2D eigenvalue weighted by Gasteiger charge is 1.92. The molecule has 0 aromatic carbocycles. The summed E-state index contributed by atoms with van der Waals surface area (Å²) in [5.74, 6) is 0. The van der Waals surface area contributed by atoms with Gasteiger partial charge in [-0.1, -0.05) is 0 Å². The van der Waals surface area contributed by atoms with Crippen LogP contribution in [0.15, 0.2) is 0 Å². The normalized spacial score (nSPS) is 10.9. The van der Waals surface area contributed by atoms with E-state index in [0.717, 1.165) is 38.9 Å². The lowest BCUT2D eigenvalue weighted by Crippen LogP contribution is -2.04. The van der Waals surface area contributed by atoms with Gasteiger partial charge in [-0.25, -0.2) is 0 Å². The molecule has 0 fully saturated rings. The maximum Gasteiger partial charge on any atom is 0.0697 e. The summed E-state index contributed by atoms with van der Waals surface area (Å²) in [6.45, 7) is 3.95. The zero-order chi connectivity index (χ0) is 12.6. The molecule has 0 aromatic heterocycles. The molecule has 0 saturated heterocycles. The molecule has 5 nitrogen and oxygen atoms in total. The van der Waals surface area contributed by atoms with E-state index in [0.29, 0.717) is 26.4 Å². The van der Waals surface area contributed by atoms with Gasteiger partial charge in [0.1, 0.15) is 0 Å². The topological polar surface area (TPSA) is 68.2 Å². The molecule has 0 amide bonds. The third kappa shape index (κ3) is 15.8. The molecule has 0 aliphatic carbocycles. The van der Waals surface area contributed by atoms with Crippen LogP contribution in [0.3, 0.4) is 0 Å². The summed E-state index contributed by atoms with van der Waals surface area (Å²) < 4.78 is 15.7. The van der Waals surface area contributed by atoms with Crippen molar-refractivity contribution < 1.29 is 24.4 Å². The van der Waals surface area contributed by atoms with Gasteiger partial charge in [0.05, 0.1) is 26.4 Å². The van der Waals surface area contributed by atoms with Gasteiger partial charge >= 0.3 is 0 Å². The number of aliphatic hydroxyl groups excluding tert-OH is 2. The lowest BCUT2D eigenvalue weighted by atomic mass is 10.3. The standard InChI is InChI=1S/C12H26O5/c13-5-11-16-9-3-1-7-15-8-2-4-10-17-12-6-14/h13-14H,1-12H2. The Balaban J connectivity index is 2.85. The zero-order valence-electron chi connectivity index (χ0n) is 10.6. The first-order valence-corrected chi connectivity index (χ1v) is 6.36. The summed E-state index contributed by atoms with van der Waals surface area (Å²) in [5.41, 5.74) is 0. The van der Waals surface area contributed by atoms with Crippen LogP contribution in [0.5, 0.6) is 0 Å². The molecular formula is C12H26O5. The maximum atomic E-state index is 8.47. The zero-order valence-corrected chi connectivity index (χ0v) is 10.6. The van der Waals surface area contributed by atoms with Gasteiger partial charge in [-0.3, -0.25) is 0 Å². The summed E-state index contributed by atoms with van der Waals surface area (Å²) >= 11 is 0. The molecule has 0 aliphatic heterocycles. The summed E-state index contributed by atoms with van der Waals surface area (Å²) in [5, 5.41) is 16.9. The highest BCUT2D eigenvalue weighted by Crippen LogP contribution is 1.95. The molecule has 0 aromatic rings. The lowest BCUT2D eigenvalue weighted by molar-refractivity contribution is 0.0709. The van der Waals surface area contributed by atoms with E-state index in [2.05, 4.69) is 0 Å². The van der Waals surface area contributed by atoms with Gasteiger partial charge < -0.3 is 24.4 Å². The van der Waals surface area contributed by atoms with Crippen molar-refractivity contribution in [2.45, 2.75) is 25.7 Å². The van der Waals surface area contributed by atoms with E-state index >= 15 is 0 Å². The van der Waals surface area contributed by atoms with Crippen molar-refractivity contribution in [3.05, 3.63) is 0 Å². The molecule has 0 saturated carbocycles. The Morgan fingerprint density at radius 2 is 0.765 bits per heavy atom. The Kier molecular flexibility index (Phi) is 15.6. The van der Waals surface area contributed by atoms with Crippen molar-refractivity contribution in [3.63, 3.8) is 0 Å². The lowest BCUT2D eigenvalue weighted by Gasteiger charge is -2.05. The van der Waals surface area contributed by atoms with E-state index in [1.807, 2.05) is 0 Å². The van der Waals surface area contributed by atoms with Gasteiger partial charge in [0, 0.05) is 26.4 Å². The van der Waals surface area contributed by atoms with Gasteiger partial charge in [0.25, 0.3) is 0 Å². The van der Waals surface area contributed by atoms with Crippen molar-refractivity contribution in [2.75, 3.05) is 52.9 Å². The highest BCUT2D eigenvalue weighted by molar-refractivity contribution is 4.41. The van der Waals surface area contributed by atoms with Crippen LogP contribution in [-0.2, 0) is 14.2 Å². The molecule has 104 valence electrons. The summed E-state index contributed by atoms with van der Waals surface area (Å²) in [6.07, 6.45) is 3.93. The van der Waals surface area contributed by atoms with E-state index in [1.165, 1.54) is 0 Å². The van der Waals surface area contributed by atoms with E-state index in [-0.39, 0.29) is 13.2 Å². The van der Waals surface area contributed by atoms with Gasteiger partial charge in [0.2, 0.25) is 0 Å². The maximum absolute atomic E-state index is 8.47. The molecule has 0 bridgehead atoms. The molecule has 0 spiro atoms. The fourth-order valence-electron chi connectivity index (χ4n) is 1.25. The first kappa shape index (κ1) is 16.8.